The van der Waals surface area contributed by atoms with Crippen LogP contribution in [0.1, 0.15) is 19.4 Å². The molecule has 0 aliphatic rings. The van der Waals surface area contributed by atoms with E-state index in [0.717, 1.165) is 6.54 Å². The molecule has 0 heterocycles. The van der Waals surface area contributed by atoms with Gasteiger partial charge in [-0.05, 0) is 24.5 Å². The number of aryl methyl sites for hydroxylation is 1. The van der Waals surface area contributed by atoms with Crippen molar-refractivity contribution in [1.82, 2.24) is 0 Å². The molecule has 66 valence electrons. The van der Waals surface area contributed by atoms with E-state index in [2.05, 4.69) is 50.4 Å². The molecule has 0 amide bonds. The van der Waals surface area contributed by atoms with Crippen molar-refractivity contribution < 1.29 is 0 Å². The van der Waals surface area contributed by atoms with Crippen LogP contribution in [0.2, 0.25) is 0 Å². The number of anilines is 1. The summed E-state index contributed by atoms with van der Waals surface area (Å²) in [5.74, 6) is 0.699. The summed E-state index contributed by atoms with van der Waals surface area (Å²) < 4.78 is 0. The van der Waals surface area contributed by atoms with Crippen LogP contribution in [-0.4, -0.2) is 6.54 Å². The molecule has 0 fully saturated rings. The third-order valence-electron chi connectivity index (χ3n) is 1.85. The van der Waals surface area contributed by atoms with Crippen LogP contribution in [0.5, 0.6) is 0 Å². The van der Waals surface area contributed by atoms with Crippen molar-refractivity contribution in [1.29, 1.82) is 0 Å². The van der Waals surface area contributed by atoms with Gasteiger partial charge in [-0.3, -0.25) is 0 Å². The Kier molecular flexibility index (Phi) is 3.15. The van der Waals surface area contributed by atoms with Crippen LogP contribution in [0, 0.1) is 12.8 Å². The van der Waals surface area contributed by atoms with E-state index in [9.17, 15) is 0 Å². The molecule has 0 atom stereocenters. The van der Waals surface area contributed by atoms with Crippen LogP contribution in [-0.2, 0) is 0 Å². The molecule has 1 rings (SSSR count). The maximum atomic E-state index is 3.41. The summed E-state index contributed by atoms with van der Waals surface area (Å²) in [4.78, 5) is 0. The maximum absolute atomic E-state index is 3.41. The van der Waals surface area contributed by atoms with Crippen LogP contribution >= 0.6 is 0 Å². The molecule has 1 aromatic rings. The van der Waals surface area contributed by atoms with Gasteiger partial charge in [-0.15, -0.1) is 0 Å². The van der Waals surface area contributed by atoms with Crippen LogP contribution in [0.25, 0.3) is 0 Å². The Morgan fingerprint density at radius 1 is 1.25 bits per heavy atom. The van der Waals surface area contributed by atoms with E-state index in [0.29, 0.717) is 5.92 Å². The summed E-state index contributed by atoms with van der Waals surface area (Å²) >= 11 is 0. The Balaban J connectivity index is 2.57. The van der Waals surface area contributed by atoms with E-state index >= 15 is 0 Å². The molecule has 0 unspecified atom stereocenters. The van der Waals surface area contributed by atoms with Crippen LogP contribution in [0.4, 0.5) is 5.69 Å². The van der Waals surface area contributed by atoms with Gasteiger partial charge in [0.1, 0.15) is 0 Å². The second-order valence-corrected chi connectivity index (χ2v) is 3.59. The first-order chi connectivity index (χ1) is 5.70. The van der Waals surface area contributed by atoms with E-state index in [-0.39, 0.29) is 0 Å². The number of para-hydroxylation sites is 1. The molecule has 0 radical (unpaired) electrons. The first-order valence-corrected chi connectivity index (χ1v) is 4.49. The first kappa shape index (κ1) is 9.11. The Morgan fingerprint density at radius 2 is 1.92 bits per heavy atom. The molecule has 0 aliphatic heterocycles. The van der Waals surface area contributed by atoms with Crippen molar-refractivity contribution >= 4 is 5.69 Å². The second kappa shape index (κ2) is 4.15. The summed E-state index contributed by atoms with van der Waals surface area (Å²) in [6.45, 7) is 7.60. The third-order valence-corrected chi connectivity index (χ3v) is 1.85. The monoisotopic (exact) mass is 163 g/mol. The third kappa shape index (κ3) is 2.57. The Morgan fingerprint density at radius 3 is 2.50 bits per heavy atom. The standard InChI is InChI=1S/C11H17N/c1-9(2)8-12-11-7-5-4-6-10(11)3/h4-7,9,12H,8H2,1-3H3. The Hall–Kier alpha value is -0.980. The minimum atomic E-state index is 0.699. The SMILES string of the molecule is Cc1ccccc1NCC(C)C. The van der Waals surface area contributed by atoms with Crippen molar-refractivity contribution in [2.75, 3.05) is 11.9 Å². The van der Waals surface area contributed by atoms with Crippen molar-refractivity contribution in [3.8, 4) is 0 Å². The molecule has 0 saturated carbocycles. The van der Waals surface area contributed by atoms with Gasteiger partial charge in [0, 0.05) is 12.2 Å². The molecule has 1 aromatic carbocycles. The summed E-state index contributed by atoms with van der Waals surface area (Å²) in [5.41, 5.74) is 2.57. The van der Waals surface area contributed by atoms with Crippen LogP contribution in [0.15, 0.2) is 24.3 Å². The number of nitrogens with one attached hydrogen (secondary N) is 1. The van der Waals surface area contributed by atoms with E-state index in [1.54, 1.807) is 0 Å². The molecule has 0 saturated heterocycles. The molecule has 1 N–H and O–H groups in total. The average Bonchev–Trinajstić information content (AvgIpc) is 2.03. The van der Waals surface area contributed by atoms with Crippen LogP contribution in [0.3, 0.4) is 0 Å². The zero-order valence-electron chi connectivity index (χ0n) is 8.09. The van der Waals surface area contributed by atoms with Gasteiger partial charge in [0.2, 0.25) is 0 Å². The molecule has 12 heavy (non-hydrogen) atoms. The highest BCUT2D eigenvalue weighted by Crippen LogP contribution is 2.13. The van der Waals surface area contributed by atoms with Crippen molar-refractivity contribution in [3.63, 3.8) is 0 Å². The largest absolute Gasteiger partial charge is 0.385 e. The minimum absolute atomic E-state index is 0.699. The van der Waals surface area contributed by atoms with Crippen molar-refractivity contribution in [2.24, 2.45) is 5.92 Å². The van der Waals surface area contributed by atoms with Gasteiger partial charge in [0.25, 0.3) is 0 Å². The number of rotatable bonds is 3. The lowest BCUT2D eigenvalue weighted by atomic mass is 10.2. The molecule has 0 aliphatic carbocycles. The van der Waals surface area contributed by atoms with Gasteiger partial charge < -0.3 is 5.32 Å². The van der Waals surface area contributed by atoms with Gasteiger partial charge in [0.05, 0.1) is 0 Å². The Labute approximate surface area is 74.8 Å². The summed E-state index contributed by atoms with van der Waals surface area (Å²) in [6.07, 6.45) is 0. The minimum Gasteiger partial charge on any atom is -0.385 e. The predicted molar refractivity (Wildman–Crippen MR) is 54.5 cm³/mol. The molecule has 0 spiro atoms. The smallest absolute Gasteiger partial charge is 0.0369 e. The fourth-order valence-corrected chi connectivity index (χ4v) is 1.09. The normalized spacial score (nSPS) is 10.3. The van der Waals surface area contributed by atoms with E-state index < -0.39 is 0 Å². The quantitative estimate of drug-likeness (QED) is 0.722. The fourth-order valence-electron chi connectivity index (χ4n) is 1.09. The topological polar surface area (TPSA) is 12.0 Å². The molecule has 0 bridgehead atoms. The average molecular weight is 163 g/mol. The van der Waals surface area contributed by atoms with Gasteiger partial charge >= 0.3 is 0 Å². The lowest BCUT2D eigenvalue weighted by Crippen LogP contribution is -2.08. The van der Waals surface area contributed by atoms with Gasteiger partial charge in [-0.1, -0.05) is 32.0 Å². The zero-order chi connectivity index (χ0) is 8.97. The lowest BCUT2D eigenvalue weighted by Gasteiger charge is -2.10. The summed E-state index contributed by atoms with van der Waals surface area (Å²) in [7, 11) is 0. The van der Waals surface area contributed by atoms with Gasteiger partial charge in [-0.2, -0.15) is 0 Å². The van der Waals surface area contributed by atoms with E-state index in [1.165, 1.54) is 11.3 Å². The highest BCUT2D eigenvalue weighted by atomic mass is 14.9. The highest BCUT2D eigenvalue weighted by Gasteiger charge is 1.96. The number of benzene rings is 1. The fraction of sp³-hybridized carbons (Fsp3) is 0.455. The van der Waals surface area contributed by atoms with Gasteiger partial charge in [0.15, 0.2) is 0 Å². The van der Waals surface area contributed by atoms with E-state index in [1.807, 2.05) is 0 Å². The van der Waals surface area contributed by atoms with Gasteiger partial charge in [-0.25, -0.2) is 0 Å². The highest BCUT2D eigenvalue weighted by molar-refractivity contribution is 5.50. The first-order valence-electron chi connectivity index (χ1n) is 4.49. The molecular weight excluding hydrogens is 146 g/mol. The van der Waals surface area contributed by atoms with Crippen LogP contribution < -0.4 is 5.32 Å². The van der Waals surface area contributed by atoms with Crippen molar-refractivity contribution in [3.05, 3.63) is 29.8 Å². The molecule has 1 nitrogen and oxygen atoms in total. The maximum Gasteiger partial charge on any atom is 0.0369 e. The Bertz CT molecular complexity index is 241. The summed E-state index contributed by atoms with van der Waals surface area (Å²) in [5, 5.41) is 3.41. The predicted octanol–water partition coefficient (Wildman–Crippen LogP) is 3.06. The summed E-state index contributed by atoms with van der Waals surface area (Å²) in [6, 6.07) is 8.38. The lowest BCUT2D eigenvalue weighted by molar-refractivity contribution is 0.688. The zero-order valence-corrected chi connectivity index (χ0v) is 8.09. The second-order valence-electron chi connectivity index (χ2n) is 3.59. The number of hydrogen-bond acceptors (Lipinski definition) is 1. The van der Waals surface area contributed by atoms with E-state index in [4.69, 9.17) is 0 Å². The molecular formula is C11H17N. The molecule has 1 heteroatoms. The number of hydrogen-bond donors (Lipinski definition) is 1. The van der Waals surface area contributed by atoms with Crippen molar-refractivity contribution in [2.45, 2.75) is 20.8 Å². The molecule has 0 aromatic heterocycles.